The molecule has 0 saturated carbocycles. The van der Waals surface area contributed by atoms with Gasteiger partial charge in [0.1, 0.15) is 0 Å². The van der Waals surface area contributed by atoms with Crippen molar-refractivity contribution in [1.82, 2.24) is 0 Å². The number of carbonyl (C=O) groups excluding carboxylic acids is 2. The van der Waals surface area contributed by atoms with E-state index >= 15 is 0 Å². The number of non-ortho nitro benzene ring substituents is 1. The first-order chi connectivity index (χ1) is 12.6. The minimum Gasteiger partial charge on any atom is -0.452 e. The first-order valence-electron chi connectivity index (χ1n) is 8.09. The van der Waals surface area contributed by atoms with Gasteiger partial charge in [0.15, 0.2) is 6.61 Å². The SMILES string of the molecule is CC(C)(C)c1ccc(NC(=O)COC(=O)c2cc([N+](=O)[O-])ccc2Cl)cc1. The van der Waals surface area contributed by atoms with Crippen LogP contribution in [0.2, 0.25) is 5.02 Å². The number of nitrogens with one attached hydrogen (secondary N) is 1. The zero-order valence-electron chi connectivity index (χ0n) is 15.1. The Hall–Kier alpha value is -2.93. The van der Waals surface area contributed by atoms with Gasteiger partial charge < -0.3 is 10.1 Å². The highest BCUT2D eigenvalue weighted by atomic mass is 35.5. The van der Waals surface area contributed by atoms with E-state index in [1.165, 1.54) is 12.1 Å². The van der Waals surface area contributed by atoms with E-state index in [2.05, 4.69) is 26.1 Å². The predicted octanol–water partition coefficient (Wildman–Crippen LogP) is 4.34. The van der Waals surface area contributed by atoms with Crippen molar-refractivity contribution < 1.29 is 19.2 Å². The fourth-order valence-corrected chi connectivity index (χ4v) is 2.44. The Kier molecular flexibility index (Phi) is 6.17. The summed E-state index contributed by atoms with van der Waals surface area (Å²) in [5.41, 5.74) is 1.21. The number of rotatable bonds is 5. The van der Waals surface area contributed by atoms with Crippen molar-refractivity contribution in [2.75, 3.05) is 11.9 Å². The van der Waals surface area contributed by atoms with Gasteiger partial charge in [-0.05, 0) is 29.2 Å². The second-order valence-corrected chi connectivity index (χ2v) is 7.28. The molecule has 0 aliphatic heterocycles. The topological polar surface area (TPSA) is 98.5 Å². The summed E-state index contributed by atoms with van der Waals surface area (Å²) in [6.07, 6.45) is 0. The standard InChI is InChI=1S/C19H19ClN2O5/c1-19(2,3)12-4-6-13(7-5-12)21-17(23)11-27-18(24)15-10-14(22(25)26)8-9-16(15)20/h4-10H,11H2,1-3H3,(H,21,23). The normalized spacial score (nSPS) is 11.0. The summed E-state index contributed by atoms with van der Waals surface area (Å²) >= 11 is 5.87. The molecule has 0 unspecified atom stereocenters. The van der Waals surface area contributed by atoms with Gasteiger partial charge in [0, 0.05) is 17.8 Å². The number of hydrogen-bond acceptors (Lipinski definition) is 5. The molecule has 0 saturated heterocycles. The van der Waals surface area contributed by atoms with E-state index < -0.39 is 23.4 Å². The molecular weight excluding hydrogens is 372 g/mol. The summed E-state index contributed by atoms with van der Waals surface area (Å²) < 4.78 is 4.90. The fourth-order valence-electron chi connectivity index (χ4n) is 2.24. The first-order valence-corrected chi connectivity index (χ1v) is 8.47. The van der Waals surface area contributed by atoms with Gasteiger partial charge >= 0.3 is 5.97 Å². The lowest BCUT2D eigenvalue weighted by Crippen LogP contribution is -2.21. The van der Waals surface area contributed by atoms with Crippen molar-refractivity contribution in [1.29, 1.82) is 0 Å². The Morgan fingerprint density at radius 2 is 1.78 bits per heavy atom. The van der Waals surface area contributed by atoms with Crippen LogP contribution in [-0.4, -0.2) is 23.4 Å². The van der Waals surface area contributed by atoms with Crippen molar-refractivity contribution in [3.8, 4) is 0 Å². The lowest BCUT2D eigenvalue weighted by atomic mass is 9.87. The fraction of sp³-hybridized carbons (Fsp3) is 0.263. The second kappa shape index (κ2) is 8.18. The number of amides is 1. The Morgan fingerprint density at radius 1 is 1.15 bits per heavy atom. The molecule has 0 radical (unpaired) electrons. The van der Waals surface area contributed by atoms with E-state index in [0.29, 0.717) is 5.69 Å². The van der Waals surface area contributed by atoms with Gasteiger partial charge in [-0.25, -0.2) is 4.79 Å². The molecule has 27 heavy (non-hydrogen) atoms. The number of benzene rings is 2. The molecule has 0 spiro atoms. The van der Waals surface area contributed by atoms with Crippen LogP contribution in [0.15, 0.2) is 42.5 Å². The molecule has 142 valence electrons. The summed E-state index contributed by atoms with van der Waals surface area (Å²) in [4.78, 5) is 34.1. The summed E-state index contributed by atoms with van der Waals surface area (Å²) in [6, 6.07) is 10.7. The largest absolute Gasteiger partial charge is 0.452 e. The molecule has 8 heteroatoms. The lowest BCUT2D eigenvalue weighted by Gasteiger charge is -2.19. The molecule has 0 bridgehead atoms. The van der Waals surface area contributed by atoms with E-state index in [0.717, 1.165) is 11.6 Å². The van der Waals surface area contributed by atoms with Crippen molar-refractivity contribution in [3.05, 3.63) is 68.7 Å². The zero-order chi connectivity index (χ0) is 20.2. The molecule has 1 N–H and O–H groups in total. The van der Waals surface area contributed by atoms with Gasteiger partial charge in [-0.3, -0.25) is 14.9 Å². The molecule has 7 nitrogen and oxygen atoms in total. The number of ether oxygens (including phenoxy) is 1. The molecule has 0 aliphatic carbocycles. The highest BCUT2D eigenvalue weighted by Gasteiger charge is 2.18. The molecule has 2 aromatic rings. The van der Waals surface area contributed by atoms with Crippen molar-refractivity contribution >= 4 is 34.9 Å². The van der Waals surface area contributed by atoms with Gasteiger partial charge in [0.05, 0.1) is 15.5 Å². The van der Waals surface area contributed by atoms with Crippen LogP contribution in [-0.2, 0) is 14.9 Å². The minimum atomic E-state index is -0.915. The molecule has 0 fully saturated rings. The second-order valence-electron chi connectivity index (χ2n) is 6.87. The van der Waals surface area contributed by atoms with Gasteiger partial charge in [-0.2, -0.15) is 0 Å². The lowest BCUT2D eigenvalue weighted by molar-refractivity contribution is -0.384. The van der Waals surface area contributed by atoms with Gasteiger partial charge in [-0.15, -0.1) is 0 Å². The molecule has 0 atom stereocenters. The third kappa shape index (κ3) is 5.52. The van der Waals surface area contributed by atoms with E-state index in [9.17, 15) is 19.7 Å². The smallest absolute Gasteiger partial charge is 0.340 e. The van der Waals surface area contributed by atoms with Crippen LogP contribution in [0.25, 0.3) is 0 Å². The maximum atomic E-state index is 12.0. The molecule has 0 aliphatic rings. The first kappa shape index (κ1) is 20.4. The Balaban J connectivity index is 1.96. The Labute approximate surface area is 161 Å². The van der Waals surface area contributed by atoms with E-state index in [-0.39, 0.29) is 21.7 Å². The zero-order valence-corrected chi connectivity index (χ0v) is 15.9. The summed E-state index contributed by atoms with van der Waals surface area (Å²) in [6.45, 7) is 5.70. The summed E-state index contributed by atoms with van der Waals surface area (Å²) in [5.74, 6) is -1.45. The maximum Gasteiger partial charge on any atom is 0.340 e. The molecular formula is C19H19ClN2O5. The Bertz CT molecular complexity index is 873. The van der Waals surface area contributed by atoms with Crippen LogP contribution in [0, 0.1) is 10.1 Å². The number of anilines is 1. The Morgan fingerprint density at radius 3 is 2.33 bits per heavy atom. The monoisotopic (exact) mass is 390 g/mol. The number of hydrogen-bond donors (Lipinski definition) is 1. The average molecular weight is 391 g/mol. The minimum absolute atomic E-state index is 0.00350. The van der Waals surface area contributed by atoms with Gasteiger partial charge in [0.25, 0.3) is 11.6 Å². The van der Waals surface area contributed by atoms with Crippen LogP contribution in [0.5, 0.6) is 0 Å². The predicted molar refractivity (Wildman–Crippen MR) is 102 cm³/mol. The molecule has 2 aromatic carbocycles. The third-order valence-electron chi connectivity index (χ3n) is 3.75. The number of halogens is 1. The molecule has 1 amide bonds. The van der Waals surface area contributed by atoms with E-state index in [4.69, 9.17) is 16.3 Å². The molecule has 0 aromatic heterocycles. The van der Waals surface area contributed by atoms with Crippen molar-refractivity contribution in [3.63, 3.8) is 0 Å². The number of nitro groups is 1. The number of carbonyl (C=O) groups is 2. The van der Waals surface area contributed by atoms with Crippen LogP contribution < -0.4 is 5.32 Å². The van der Waals surface area contributed by atoms with Crippen LogP contribution >= 0.6 is 11.6 Å². The van der Waals surface area contributed by atoms with Crippen LogP contribution in [0.1, 0.15) is 36.7 Å². The third-order valence-corrected chi connectivity index (χ3v) is 4.08. The van der Waals surface area contributed by atoms with Crippen LogP contribution in [0.4, 0.5) is 11.4 Å². The van der Waals surface area contributed by atoms with E-state index in [1.54, 1.807) is 12.1 Å². The molecule has 0 heterocycles. The summed E-state index contributed by atoms with van der Waals surface area (Å²) in [7, 11) is 0. The highest BCUT2D eigenvalue weighted by molar-refractivity contribution is 6.33. The highest BCUT2D eigenvalue weighted by Crippen LogP contribution is 2.24. The maximum absolute atomic E-state index is 12.0. The van der Waals surface area contributed by atoms with Gasteiger partial charge in [-0.1, -0.05) is 44.5 Å². The van der Waals surface area contributed by atoms with Crippen molar-refractivity contribution in [2.24, 2.45) is 0 Å². The van der Waals surface area contributed by atoms with E-state index in [1.807, 2.05) is 12.1 Å². The van der Waals surface area contributed by atoms with Gasteiger partial charge in [0.2, 0.25) is 0 Å². The quantitative estimate of drug-likeness (QED) is 0.465. The number of nitrogens with zero attached hydrogens (tertiary/aromatic N) is 1. The van der Waals surface area contributed by atoms with Crippen LogP contribution in [0.3, 0.4) is 0 Å². The summed E-state index contributed by atoms with van der Waals surface area (Å²) in [5, 5.41) is 13.4. The number of esters is 1. The number of nitro benzene ring substituents is 1. The molecule has 2 rings (SSSR count). The average Bonchev–Trinajstić information content (AvgIpc) is 2.59. The van der Waals surface area contributed by atoms with Crippen molar-refractivity contribution in [2.45, 2.75) is 26.2 Å².